The molecular weight excluding hydrogens is 389 g/mol. The summed E-state index contributed by atoms with van der Waals surface area (Å²) >= 11 is 0. The summed E-state index contributed by atoms with van der Waals surface area (Å²) < 4.78 is 46.3. The molecule has 0 bridgehead atoms. The van der Waals surface area contributed by atoms with E-state index in [2.05, 4.69) is 4.74 Å². The Kier molecular flexibility index (Phi) is 5.76. The number of carbonyl (C=O) groups is 1. The molecule has 9 heteroatoms. The molecule has 6 nitrogen and oxygen atoms in total. The third-order valence-corrected chi connectivity index (χ3v) is 4.91. The number of nitrogens with two attached hydrogens (primary N) is 2. The zero-order chi connectivity index (χ0) is 21.2. The van der Waals surface area contributed by atoms with Gasteiger partial charge in [0.05, 0.1) is 11.7 Å². The molecular formula is C20H21F3N2O4. The van der Waals surface area contributed by atoms with Crippen molar-refractivity contribution in [1.82, 2.24) is 0 Å². The van der Waals surface area contributed by atoms with Crippen molar-refractivity contribution in [1.29, 1.82) is 0 Å². The summed E-state index contributed by atoms with van der Waals surface area (Å²) in [4.78, 5) is 11.6. The van der Waals surface area contributed by atoms with E-state index in [1.54, 1.807) is 6.07 Å². The van der Waals surface area contributed by atoms with Crippen LogP contribution in [0.4, 0.5) is 24.5 Å². The van der Waals surface area contributed by atoms with E-state index in [0.29, 0.717) is 48.4 Å². The van der Waals surface area contributed by atoms with E-state index in [0.717, 1.165) is 0 Å². The van der Waals surface area contributed by atoms with Gasteiger partial charge >= 0.3 is 12.3 Å². The van der Waals surface area contributed by atoms with Gasteiger partial charge in [0, 0.05) is 11.4 Å². The lowest BCUT2D eigenvalue weighted by atomic mass is 9.80. The molecule has 0 aromatic heterocycles. The summed E-state index contributed by atoms with van der Waals surface area (Å²) in [6, 6.07) is 8.22. The molecule has 3 rings (SSSR count). The molecule has 2 aromatic rings. The summed E-state index contributed by atoms with van der Waals surface area (Å²) in [5.74, 6) is -0.961. The van der Waals surface area contributed by atoms with Crippen molar-refractivity contribution in [3.05, 3.63) is 47.5 Å². The number of halogens is 3. The van der Waals surface area contributed by atoms with Crippen LogP contribution in [0.25, 0.3) is 0 Å². The molecule has 1 aliphatic carbocycles. The summed E-state index contributed by atoms with van der Waals surface area (Å²) in [7, 11) is 0. The molecule has 0 spiro atoms. The molecule has 1 fully saturated rings. The van der Waals surface area contributed by atoms with Crippen LogP contribution in [0, 0.1) is 0 Å². The topological polar surface area (TPSA) is 108 Å². The third kappa shape index (κ3) is 5.24. The Morgan fingerprint density at radius 3 is 2.14 bits per heavy atom. The van der Waals surface area contributed by atoms with Crippen LogP contribution in [-0.4, -0.2) is 23.5 Å². The second-order valence-corrected chi connectivity index (χ2v) is 6.99. The molecule has 156 valence electrons. The van der Waals surface area contributed by atoms with Crippen LogP contribution in [0.2, 0.25) is 0 Å². The van der Waals surface area contributed by atoms with Crippen LogP contribution in [0.1, 0.15) is 47.5 Å². The maximum absolute atomic E-state index is 12.2. The maximum atomic E-state index is 12.2. The summed E-state index contributed by atoms with van der Waals surface area (Å²) in [6.07, 6.45) is -2.19. The number of carboxylic acids is 1. The Morgan fingerprint density at radius 1 is 1.00 bits per heavy atom. The fourth-order valence-electron chi connectivity index (χ4n) is 3.71. The Balaban J connectivity index is 1.62. The molecule has 0 unspecified atom stereocenters. The van der Waals surface area contributed by atoms with Gasteiger partial charge in [0.15, 0.2) is 0 Å². The predicted molar refractivity (Wildman–Crippen MR) is 101 cm³/mol. The van der Waals surface area contributed by atoms with Crippen molar-refractivity contribution in [2.75, 3.05) is 11.5 Å². The maximum Gasteiger partial charge on any atom is 0.573 e. The molecule has 0 radical (unpaired) electrons. The lowest BCUT2D eigenvalue weighted by Crippen LogP contribution is -2.25. The number of ether oxygens (including phenoxy) is 2. The number of carboxylic acid groups (broad SMARTS) is 1. The van der Waals surface area contributed by atoms with E-state index < -0.39 is 12.3 Å². The molecule has 0 aliphatic heterocycles. The Labute approximate surface area is 165 Å². The first-order valence-corrected chi connectivity index (χ1v) is 9.07. The molecule has 1 aliphatic rings. The fourth-order valence-corrected chi connectivity index (χ4v) is 3.71. The van der Waals surface area contributed by atoms with E-state index >= 15 is 0 Å². The first-order valence-electron chi connectivity index (χ1n) is 9.07. The lowest BCUT2D eigenvalue weighted by molar-refractivity contribution is -0.274. The Bertz CT molecular complexity index is 877. The summed E-state index contributed by atoms with van der Waals surface area (Å²) in [5, 5.41) is 9.47. The van der Waals surface area contributed by atoms with Gasteiger partial charge < -0.3 is 26.0 Å². The van der Waals surface area contributed by atoms with Gasteiger partial charge in [0.25, 0.3) is 0 Å². The second-order valence-electron chi connectivity index (χ2n) is 6.99. The highest BCUT2D eigenvalue weighted by Crippen LogP contribution is 2.39. The fraction of sp³-hybridized carbons (Fsp3) is 0.350. The normalized spacial score (nSPS) is 19.6. The van der Waals surface area contributed by atoms with Gasteiger partial charge in [0.1, 0.15) is 11.5 Å². The van der Waals surface area contributed by atoms with Crippen LogP contribution in [0.15, 0.2) is 36.4 Å². The summed E-state index contributed by atoms with van der Waals surface area (Å²) in [5.41, 5.74) is 13.1. The zero-order valence-corrected chi connectivity index (χ0v) is 15.4. The van der Waals surface area contributed by atoms with Gasteiger partial charge in [-0.2, -0.15) is 0 Å². The van der Waals surface area contributed by atoms with E-state index in [4.69, 9.17) is 16.2 Å². The first kappa shape index (κ1) is 20.6. The summed E-state index contributed by atoms with van der Waals surface area (Å²) in [6.45, 7) is 0. The SMILES string of the molecule is Nc1cc(N)c(C2CCC(Oc3ccc(OC(F)(F)F)cc3)CC2)c(C(=O)O)c1. The van der Waals surface area contributed by atoms with Crippen molar-refractivity contribution in [2.24, 2.45) is 0 Å². The molecule has 0 amide bonds. The van der Waals surface area contributed by atoms with E-state index in [-0.39, 0.29) is 23.3 Å². The van der Waals surface area contributed by atoms with E-state index in [1.165, 1.54) is 30.3 Å². The van der Waals surface area contributed by atoms with Gasteiger partial charge in [-0.3, -0.25) is 0 Å². The number of nitrogen functional groups attached to an aromatic ring is 2. The predicted octanol–water partition coefficient (Wildman–Crippen LogP) is 4.55. The van der Waals surface area contributed by atoms with Crippen molar-refractivity contribution in [3.63, 3.8) is 0 Å². The monoisotopic (exact) mass is 410 g/mol. The van der Waals surface area contributed by atoms with Crippen LogP contribution in [0.3, 0.4) is 0 Å². The van der Waals surface area contributed by atoms with Crippen LogP contribution in [-0.2, 0) is 0 Å². The number of hydrogen-bond donors (Lipinski definition) is 3. The highest BCUT2D eigenvalue weighted by atomic mass is 19.4. The lowest BCUT2D eigenvalue weighted by Gasteiger charge is -2.30. The zero-order valence-electron chi connectivity index (χ0n) is 15.4. The van der Waals surface area contributed by atoms with Gasteiger partial charge in [-0.15, -0.1) is 13.2 Å². The Hall–Kier alpha value is -3.10. The quantitative estimate of drug-likeness (QED) is 0.624. The highest BCUT2D eigenvalue weighted by molar-refractivity contribution is 5.93. The third-order valence-electron chi connectivity index (χ3n) is 4.91. The van der Waals surface area contributed by atoms with E-state index in [1.807, 2.05) is 0 Å². The Morgan fingerprint density at radius 2 is 1.59 bits per heavy atom. The van der Waals surface area contributed by atoms with Gasteiger partial charge in [0.2, 0.25) is 0 Å². The second kappa shape index (κ2) is 8.10. The number of rotatable bonds is 5. The molecule has 5 N–H and O–H groups in total. The molecule has 0 atom stereocenters. The van der Waals surface area contributed by atoms with Gasteiger partial charge in [-0.05, 0) is 73.6 Å². The largest absolute Gasteiger partial charge is 0.573 e. The number of benzene rings is 2. The highest BCUT2D eigenvalue weighted by Gasteiger charge is 2.31. The molecule has 0 heterocycles. The number of alkyl halides is 3. The van der Waals surface area contributed by atoms with Crippen LogP contribution in [0.5, 0.6) is 11.5 Å². The number of hydrogen-bond acceptors (Lipinski definition) is 5. The van der Waals surface area contributed by atoms with Crippen LogP contribution < -0.4 is 20.9 Å². The van der Waals surface area contributed by atoms with Crippen LogP contribution >= 0.6 is 0 Å². The molecule has 29 heavy (non-hydrogen) atoms. The minimum absolute atomic E-state index is 0.0240. The number of aromatic carboxylic acids is 1. The van der Waals surface area contributed by atoms with E-state index in [9.17, 15) is 23.1 Å². The smallest absolute Gasteiger partial charge is 0.490 e. The van der Waals surface area contributed by atoms with Gasteiger partial charge in [-0.1, -0.05) is 0 Å². The minimum Gasteiger partial charge on any atom is -0.490 e. The average molecular weight is 410 g/mol. The first-order chi connectivity index (χ1) is 13.6. The molecule has 0 saturated heterocycles. The molecule has 2 aromatic carbocycles. The van der Waals surface area contributed by atoms with Crippen molar-refractivity contribution >= 4 is 17.3 Å². The standard InChI is InChI=1S/C20H21F3N2O4/c21-20(22,23)29-15-7-5-14(6-8-15)28-13-3-1-11(2-4-13)18-16(19(26)27)9-12(24)10-17(18)25/h5-11,13H,1-4,24-25H2,(H,26,27). The van der Waals surface area contributed by atoms with Crippen molar-refractivity contribution in [2.45, 2.75) is 44.1 Å². The van der Waals surface area contributed by atoms with Gasteiger partial charge in [-0.25, -0.2) is 4.79 Å². The average Bonchev–Trinajstić information content (AvgIpc) is 2.62. The van der Waals surface area contributed by atoms with Crippen molar-refractivity contribution in [3.8, 4) is 11.5 Å². The minimum atomic E-state index is -4.74. The number of anilines is 2. The van der Waals surface area contributed by atoms with Crippen molar-refractivity contribution < 1.29 is 32.5 Å². The molecule has 1 saturated carbocycles.